The van der Waals surface area contributed by atoms with Crippen LogP contribution in [0.2, 0.25) is 0 Å². The average Bonchev–Trinajstić information content (AvgIpc) is 2.69. The Morgan fingerprint density at radius 3 is 2.41 bits per heavy atom. The molecule has 0 aliphatic rings. The minimum absolute atomic E-state index is 0.105. The third-order valence-electron chi connectivity index (χ3n) is 4.19. The first-order chi connectivity index (χ1) is 13.9. The molecule has 6 nitrogen and oxygen atoms in total. The Morgan fingerprint density at radius 1 is 1.00 bits per heavy atom. The maximum absolute atomic E-state index is 12.4. The summed E-state index contributed by atoms with van der Waals surface area (Å²) in [5, 5.41) is 14.3. The molecule has 0 radical (unpaired) electrons. The Morgan fingerprint density at radius 2 is 1.72 bits per heavy atom. The molecule has 0 saturated heterocycles. The molecule has 1 heterocycles. The molecule has 0 atom stereocenters. The maximum atomic E-state index is 12.4. The lowest BCUT2D eigenvalue weighted by atomic mass is 9.86. The Kier molecular flexibility index (Phi) is 5.79. The normalized spacial score (nSPS) is 10.7. The van der Waals surface area contributed by atoms with E-state index in [9.17, 15) is 4.79 Å². The molecule has 0 aliphatic heterocycles. The third-order valence-corrected chi connectivity index (χ3v) is 4.19. The van der Waals surface area contributed by atoms with Crippen molar-refractivity contribution in [3.63, 3.8) is 0 Å². The second-order valence-electron chi connectivity index (χ2n) is 7.47. The van der Waals surface area contributed by atoms with Crippen molar-refractivity contribution in [1.82, 2.24) is 4.98 Å². The van der Waals surface area contributed by atoms with E-state index < -0.39 is 6.03 Å². The molecule has 0 fully saturated rings. The first-order valence-electron chi connectivity index (χ1n) is 9.17. The van der Waals surface area contributed by atoms with Gasteiger partial charge in [-0.3, -0.25) is 0 Å². The van der Waals surface area contributed by atoms with Gasteiger partial charge in [0.05, 0.1) is 11.6 Å². The Labute approximate surface area is 170 Å². The summed E-state index contributed by atoms with van der Waals surface area (Å²) in [5.41, 5.74) is 2.48. The molecule has 0 unspecified atom stereocenters. The molecule has 0 spiro atoms. The fraction of sp³-hybridized carbons (Fsp3) is 0.174. The zero-order chi connectivity index (χ0) is 20.9. The van der Waals surface area contributed by atoms with Crippen molar-refractivity contribution in [3.05, 3.63) is 78.0 Å². The molecule has 0 aliphatic carbocycles. The number of nitrogens with one attached hydrogen (secondary N) is 2. The number of aromatic nitrogens is 1. The minimum Gasteiger partial charge on any atom is -0.437 e. The second-order valence-corrected chi connectivity index (χ2v) is 7.47. The summed E-state index contributed by atoms with van der Waals surface area (Å²) >= 11 is 0. The van der Waals surface area contributed by atoms with E-state index in [1.54, 1.807) is 42.6 Å². The van der Waals surface area contributed by atoms with Gasteiger partial charge in [0.15, 0.2) is 0 Å². The van der Waals surface area contributed by atoms with Gasteiger partial charge in [-0.2, -0.15) is 5.26 Å². The first-order valence-corrected chi connectivity index (χ1v) is 9.17. The van der Waals surface area contributed by atoms with Gasteiger partial charge in [0.1, 0.15) is 11.4 Å². The van der Waals surface area contributed by atoms with Gasteiger partial charge in [-0.1, -0.05) is 39.0 Å². The van der Waals surface area contributed by atoms with Crippen LogP contribution in [0.1, 0.15) is 31.9 Å². The topological polar surface area (TPSA) is 87.0 Å². The average molecular weight is 386 g/mol. The first kappa shape index (κ1) is 19.9. The van der Waals surface area contributed by atoms with Gasteiger partial charge >= 0.3 is 6.03 Å². The second kappa shape index (κ2) is 8.44. The number of nitrogens with zero attached hydrogens (tertiary/aromatic N) is 2. The van der Waals surface area contributed by atoms with Crippen LogP contribution in [0.3, 0.4) is 0 Å². The molecule has 2 aromatic carbocycles. The molecule has 3 aromatic rings. The lowest BCUT2D eigenvalue weighted by Gasteiger charge is -2.22. The highest BCUT2D eigenvalue weighted by molar-refractivity contribution is 6.00. The van der Waals surface area contributed by atoms with Crippen molar-refractivity contribution in [2.75, 3.05) is 10.6 Å². The number of rotatable bonds is 4. The number of nitriles is 1. The van der Waals surface area contributed by atoms with E-state index in [0.717, 1.165) is 5.56 Å². The lowest BCUT2D eigenvalue weighted by molar-refractivity contribution is 0.262. The standard InChI is InChI=1S/C23H22N4O2/c1-23(2,3)18-7-4-5-9-20(18)29-21-19(8-6-14-25-21)27-22(28)26-17-12-10-16(15-24)11-13-17/h4-14H,1-3H3,(H2,26,27,28). The van der Waals surface area contributed by atoms with E-state index in [-0.39, 0.29) is 5.41 Å². The number of carbonyl (C=O) groups excluding carboxylic acids is 1. The fourth-order valence-corrected chi connectivity index (χ4v) is 2.76. The number of para-hydroxylation sites is 1. The summed E-state index contributed by atoms with van der Waals surface area (Å²) < 4.78 is 6.06. The summed E-state index contributed by atoms with van der Waals surface area (Å²) in [4.78, 5) is 16.7. The number of urea groups is 1. The van der Waals surface area contributed by atoms with Crippen LogP contribution in [-0.4, -0.2) is 11.0 Å². The largest absolute Gasteiger partial charge is 0.437 e. The molecule has 146 valence electrons. The zero-order valence-corrected chi connectivity index (χ0v) is 16.6. The van der Waals surface area contributed by atoms with Gasteiger partial charge in [0.2, 0.25) is 5.88 Å². The quantitative estimate of drug-likeness (QED) is 0.603. The van der Waals surface area contributed by atoms with Crippen LogP contribution in [-0.2, 0) is 5.41 Å². The van der Waals surface area contributed by atoms with Crippen molar-refractivity contribution in [3.8, 4) is 17.7 Å². The van der Waals surface area contributed by atoms with Crippen LogP contribution >= 0.6 is 0 Å². The van der Waals surface area contributed by atoms with Gasteiger partial charge in [0.25, 0.3) is 0 Å². The number of anilines is 2. The predicted molar refractivity (Wildman–Crippen MR) is 113 cm³/mol. The molecule has 2 amide bonds. The minimum atomic E-state index is -0.434. The molecule has 3 rings (SSSR count). The van der Waals surface area contributed by atoms with Gasteiger partial charge in [0, 0.05) is 17.4 Å². The smallest absolute Gasteiger partial charge is 0.323 e. The van der Waals surface area contributed by atoms with E-state index in [0.29, 0.717) is 28.6 Å². The highest BCUT2D eigenvalue weighted by Gasteiger charge is 2.20. The summed E-state index contributed by atoms with van der Waals surface area (Å²) in [6, 6.07) is 19.4. The van der Waals surface area contributed by atoms with Crippen molar-refractivity contribution in [1.29, 1.82) is 5.26 Å². The molecule has 29 heavy (non-hydrogen) atoms. The van der Waals surface area contributed by atoms with Crippen LogP contribution in [0, 0.1) is 11.3 Å². The summed E-state index contributed by atoms with van der Waals surface area (Å²) in [7, 11) is 0. The molecule has 0 bridgehead atoms. The number of hydrogen-bond acceptors (Lipinski definition) is 4. The summed E-state index contributed by atoms with van der Waals surface area (Å²) in [6.45, 7) is 6.33. The molecule has 6 heteroatoms. The van der Waals surface area contributed by atoms with Gasteiger partial charge in [-0.05, 0) is 47.9 Å². The predicted octanol–water partition coefficient (Wildman–Crippen LogP) is 5.69. The van der Waals surface area contributed by atoms with Crippen molar-refractivity contribution >= 4 is 17.4 Å². The van der Waals surface area contributed by atoms with Crippen LogP contribution in [0.25, 0.3) is 0 Å². The molecular weight excluding hydrogens is 364 g/mol. The van der Waals surface area contributed by atoms with E-state index in [1.165, 1.54) is 0 Å². The summed E-state index contributed by atoms with van der Waals surface area (Å²) in [5.74, 6) is 0.994. The van der Waals surface area contributed by atoms with Gasteiger partial charge in [-0.25, -0.2) is 9.78 Å². The molecule has 2 N–H and O–H groups in total. The van der Waals surface area contributed by atoms with Crippen LogP contribution in [0.5, 0.6) is 11.6 Å². The Balaban J connectivity index is 1.77. The Bertz CT molecular complexity index is 1050. The number of benzene rings is 2. The monoisotopic (exact) mass is 386 g/mol. The number of pyridine rings is 1. The highest BCUT2D eigenvalue weighted by atomic mass is 16.5. The number of amides is 2. The zero-order valence-electron chi connectivity index (χ0n) is 16.6. The van der Waals surface area contributed by atoms with Gasteiger partial charge < -0.3 is 15.4 Å². The van der Waals surface area contributed by atoms with Crippen molar-refractivity contribution in [2.45, 2.75) is 26.2 Å². The number of hydrogen-bond donors (Lipinski definition) is 2. The number of carbonyl (C=O) groups is 1. The van der Waals surface area contributed by atoms with E-state index in [2.05, 4.69) is 36.4 Å². The van der Waals surface area contributed by atoms with Crippen molar-refractivity contribution < 1.29 is 9.53 Å². The summed E-state index contributed by atoms with van der Waals surface area (Å²) in [6.07, 6.45) is 1.61. The highest BCUT2D eigenvalue weighted by Crippen LogP contribution is 2.35. The van der Waals surface area contributed by atoms with Crippen LogP contribution < -0.4 is 15.4 Å². The van der Waals surface area contributed by atoms with Crippen LogP contribution in [0.15, 0.2) is 66.9 Å². The van der Waals surface area contributed by atoms with Crippen molar-refractivity contribution in [2.24, 2.45) is 0 Å². The van der Waals surface area contributed by atoms with E-state index in [4.69, 9.17) is 10.00 Å². The third kappa shape index (κ3) is 5.11. The molecule has 0 saturated carbocycles. The Hall–Kier alpha value is -3.85. The van der Waals surface area contributed by atoms with Gasteiger partial charge in [-0.15, -0.1) is 0 Å². The fourth-order valence-electron chi connectivity index (χ4n) is 2.76. The SMILES string of the molecule is CC(C)(C)c1ccccc1Oc1ncccc1NC(=O)Nc1ccc(C#N)cc1. The van der Waals surface area contributed by atoms with E-state index in [1.807, 2.05) is 30.3 Å². The van der Waals surface area contributed by atoms with E-state index >= 15 is 0 Å². The maximum Gasteiger partial charge on any atom is 0.323 e. The number of ether oxygens (including phenoxy) is 1. The van der Waals surface area contributed by atoms with Crippen LogP contribution in [0.4, 0.5) is 16.2 Å². The lowest BCUT2D eigenvalue weighted by Crippen LogP contribution is -2.20. The molecular formula is C23H22N4O2. The molecule has 1 aromatic heterocycles.